The summed E-state index contributed by atoms with van der Waals surface area (Å²) in [4.78, 5) is 0.678. The van der Waals surface area contributed by atoms with E-state index in [9.17, 15) is 8.42 Å². The molecule has 0 saturated carbocycles. The quantitative estimate of drug-likeness (QED) is 0.650. The second kappa shape index (κ2) is 6.45. The molecule has 1 aromatic heterocycles. The van der Waals surface area contributed by atoms with E-state index in [0.717, 1.165) is 0 Å². The predicted octanol–water partition coefficient (Wildman–Crippen LogP) is 4.33. The lowest BCUT2D eigenvalue weighted by Crippen LogP contribution is -2.13. The number of sulfonamides is 1. The highest BCUT2D eigenvalue weighted by atomic mass is 79.9. The van der Waals surface area contributed by atoms with Crippen molar-refractivity contribution in [2.45, 2.75) is 11.5 Å². The number of nitrogens with one attached hydrogen (secondary N) is 1. The van der Waals surface area contributed by atoms with E-state index in [4.69, 9.17) is 5.11 Å². The Kier molecular flexibility index (Phi) is 5.30. The van der Waals surface area contributed by atoms with Crippen LogP contribution in [0, 0.1) is 0 Å². The SMILES string of the molecule is O=S(=O)(Nc1c(Br)cccc1Br)c1cc(CO)sc1Br. The summed E-state index contributed by atoms with van der Waals surface area (Å²) in [7, 11) is -3.74. The maximum atomic E-state index is 12.4. The molecule has 20 heavy (non-hydrogen) atoms. The average molecular weight is 506 g/mol. The van der Waals surface area contributed by atoms with Crippen molar-refractivity contribution in [1.29, 1.82) is 0 Å². The number of thiophene rings is 1. The van der Waals surface area contributed by atoms with E-state index in [0.29, 0.717) is 23.3 Å². The molecule has 1 aromatic carbocycles. The Morgan fingerprint density at radius 3 is 2.30 bits per heavy atom. The molecule has 0 amide bonds. The molecule has 2 rings (SSSR count). The van der Waals surface area contributed by atoms with Gasteiger partial charge in [-0.2, -0.15) is 0 Å². The fourth-order valence-electron chi connectivity index (χ4n) is 1.44. The van der Waals surface area contributed by atoms with Gasteiger partial charge in [-0.25, -0.2) is 8.42 Å². The Morgan fingerprint density at radius 2 is 1.80 bits per heavy atom. The summed E-state index contributed by atoms with van der Waals surface area (Å²) in [6.07, 6.45) is 0. The Hall–Kier alpha value is 0.0700. The van der Waals surface area contributed by atoms with Gasteiger partial charge >= 0.3 is 0 Å². The van der Waals surface area contributed by atoms with Gasteiger partial charge < -0.3 is 5.11 Å². The van der Waals surface area contributed by atoms with E-state index >= 15 is 0 Å². The third-order valence-electron chi connectivity index (χ3n) is 2.35. The van der Waals surface area contributed by atoms with Crippen LogP contribution >= 0.6 is 59.1 Å². The van der Waals surface area contributed by atoms with Crippen LogP contribution in [0.5, 0.6) is 0 Å². The van der Waals surface area contributed by atoms with Crippen LogP contribution in [0.4, 0.5) is 5.69 Å². The van der Waals surface area contributed by atoms with Crippen molar-refractivity contribution in [3.8, 4) is 0 Å². The number of benzene rings is 1. The van der Waals surface area contributed by atoms with Crippen molar-refractivity contribution in [3.63, 3.8) is 0 Å². The lowest BCUT2D eigenvalue weighted by Gasteiger charge is -2.10. The Balaban J connectivity index is 2.43. The van der Waals surface area contributed by atoms with Gasteiger partial charge in [0.25, 0.3) is 10.0 Å². The van der Waals surface area contributed by atoms with Gasteiger partial charge in [0.15, 0.2) is 0 Å². The van der Waals surface area contributed by atoms with Crippen molar-refractivity contribution >= 4 is 74.8 Å². The Morgan fingerprint density at radius 1 is 1.20 bits per heavy atom. The second-order valence-electron chi connectivity index (χ2n) is 3.71. The summed E-state index contributed by atoms with van der Waals surface area (Å²) >= 11 is 11.0. The van der Waals surface area contributed by atoms with Crippen LogP contribution in [0.25, 0.3) is 0 Å². The highest BCUT2D eigenvalue weighted by Gasteiger charge is 2.22. The van der Waals surface area contributed by atoms with Crippen LogP contribution in [0.15, 0.2) is 41.9 Å². The minimum absolute atomic E-state index is 0.106. The van der Waals surface area contributed by atoms with E-state index in [-0.39, 0.29) is 11.5 Å². The minimum Gasteiger partial charge on any atom is -0.391 e. The zero-order chi connectivity index (χ0) is 14.9. The van der Waals surface area contributed by atoms with Gasteiger partial charge in [0.05, 0.1) is 16.1 Å². The smallest absolute Gasteiger partial charge is 0.263 e. The molecule has 0 radical (unpaired) electrons. The molecule has 0 atom stereocenters. The topological polar surface area (TPSA) is 66.4 Å². The largest absolute Gasteiger partial charge is 0.391 e. The molecule has 0 saturated heterocycles. The third kappa shape index (κ3) is 3.45. The van der Waals surface area contributed by atoms with E-state index in [2.05, 4.69) is 52.5 Å². The van der Waals surface area contributed by atoms with Crippen LogP contribution in [-0.4, -0.2) is 13.5 Å². The molecule has 0 aliphatic rings. The summed E-state index contributed by atoms with van der Waals surface area (Å²) in [6.45, 7) is -0.197. The molecule has 0 spiro atoms. The molecule has 2 N–H and O–H groups in total. The van der Waals surface area contributed by atoms with Crippen molar-refractivity contribution < 1.29 is 13.5 Å². The lowest BCUT2D eigenvalue weighted by atomic mass is 10.3. The van der Waals surface area contributed by atoms with Gasteiger partial charge in [-0.1, -0.05) is 6.07 Å². The van der Waals surface area contributed by atoms with E-state index in [1.165, 1.54) is 17.4 Å². The second-order valence-corrected chi connectivity index (χ2v) is 9.53. The molecular formula is C11H8Br3NO3S2. The van der Waals surface area contributed by atoms with E-state index in [1.54, 1.807) is 18.2 Å². The van der Waals surface area contributed by atoms with Gasteiger partial charge in [0.1, 0.15) is 4.90 Å². The van der Waals surface area contributed by atoms with Crippen molar-refractivity contribution in [2.24, 2.45) is 0 Å². The van der Waals surface area contributed by atoms with Crippen molar-refractivity contribution in [2.75, 3.05) is 4.72 Å². The molecule has 1 heterocycles. The summed E-state index contributed by atoms with van der Waals surface area (Å²) in [5.41, 5.74) is 0.427. The van der Waals surface area contributed by atoms with Gasteiger partial charge in [-0.05, 0) is 66.0 Å². The first-order valence-corrected chi connectivity index (χ1v) is 9.89. The number of hydrogen-bond donors (Lipinski definition) is 2. The summed E-state index contributed by atoms with van der Waals surface area (Å²) in [6, 6.07) is 6.72. The third-order valence-corrected chi connectivity index (χ3v) is 7.26. The molecule has 9 heteroatoms. The molecule has 108 valence electrons. The summed E-state index contributed by atoms with van der Waals surface area (Å²) in [5, 5.41) is 9.08. The maximum Gasteiger partial charge on any atom is 0.263 e. The highest BCUT2D eigenvalue weighted by molar-refractivity contribution is 9.11. The van der Waals surface area contributed by atoms with Crippen LogP contribution in [0.1, 0.15) is 4.88 Å². The number of rotatable bonds is 4. The summed E-state index contributed by atoms with van der Waals surface area (Å²) < 4.78 is 29.0. The van der Waals surface area contributed by atoms with Gasteiger partial charge in [-0.3, -0.25) is 4.72 Å². The predicted molar refractivity (Wildman–Crippen MR) is 90.6 cm³/mol. The molecule has 0 aliphatic carbocycles. The number of anilines is 1. The van der Waals surface area contributed by atoms with Crippen LogP contribution in [-0.2, 0) is 16.6 Å². The number of halogens is 3. The number of aliphatic hydroxyl groups excluding tert-OH is 1. The molecule has 0 aliphatic heterocycles. The average Bonchev–Trinajstić information content (AvgIpc) is 2.76. The Labute approximate surface area is 145 Å². The minimum atomic E-state index is -3.74. The van der Waals surface area contributed by atoms with Crippen LogP contribution < -0.4 is 4.72 Å². The molecule has 2 aromatic rings. The zero-order valence-corrected chi connectivity index (χ0v) is 16.1. The first kappa shape index (κ1) is 16.4. The lowest BCUT2D eigenvalue weighted by molar-refractivity contribution is 0.285. The first-order valence-electron chi connectivity index (χ1n) is 5.21. The van der Waals surface area contributed by atoms with Crippen LogP contribution in [0.2, 0.25) is 0 Å². The zero-order valence-electron chi connectivity index (χ0n) is 9.73. The van der Waals surface area contributed by atoms with Crippen molar-refractivity contribution in [3.05, 3.63) is 41.9 Å². The number of hydrogen-bond acceptors (Lipinski definition) is 4. The van der Waals surface area contributed by atoms with Crippen molar-refractivity contribution in [1.82, 2.24) is 0 Å². The van der Waals surface area contributed by atoms with E-state index < -0.39 is 10.0 Å². The number of aliphatic hydroxyl groups is 1. The van der Waals surface area contributed by atoms with Gasteiger partial charge in [0, 0.05) is 13.8 Å². The number of para-hydroxylation sites is 1. The fourth-order valence-corrected chi connectivity index (χ4v) is 6.55. The van der Waals surface area contributed by atoms with Gasteiger partial charge in [0.2, 0.25) is 0 Å². The molecule has 0 bridgehead atoms. The Bertz CT molecular complexity index is 723. The molecule has 0 fully saturated rings. The maximum absolute atomic E-state index is 12.4. The van der Waals surface area contributed by atoms with E-state index in [1.807, 2.05) is 0 Å². The molecular weight excluding hydrogens is 498 g/mol. The first-order chi connectivity index (χ1) is 9.35. The standard InChI is InChI=1S/C11H8Br3NO3S2/c12-7-2-1-3-8(13)10(7)15-20(17,18)9-4-6(5-16)19-11(9)14/h1-4,15-16H,5H2. The van der Waals surface area contributed by atoms with Crippen LogP contribution in [0.3, 0.4) is 0 Å². The molecule has 4 nitrogen and oxygen atoms in total. The molecule has 0 unspecified atom stereocenters. The summed E-state index contributed by atoms with van der Waals surface area (Å²) in [5.74, 6) is 0. The fraction of sp³-hybridized carbons (Fsp3) is 0.0909. The van der Waals surface area contributed by atoms with Gasteiger partial charge in [-0.15, -0.1) is 11.3 Å². The highest BCUT2D eigenvalue weighted by Crippen LogP contribution is 2.36. The monoisotopic (exact) mass is 503 g/mol. The normalized spacial score (nSPS) is 11.6.